The predicted octanol–water partition coefficient (Wildman–Crippen LogP) is 0.446. The van der Waals surface area contributed by atoms with E-state index in [4.69, 9.17) is 4.74 Å². The van der Waals surface area contributed by atoms with Crippen LogP contribution in [0.5, 0.6) is 0 Å². The third-order valence-corrected chi connectivity index (χ3v) is 6.84. The number of aliphatic carboxylic acids is 1. The zero-order valence-electron chi connectivity index (χ0n) is 12.8. The molecule has 0 aliphatic carbocycles. The quantitative estimate of drug-likeness (QED) is 0.861. The summed E-state index contributed by atoms with van der Waals surface area (Å²) in [7, 11) is -3.84. The van der Waals surface area contributed by atoms with Crippen molar-refractivity contribution < 1.29 is 23.1 Å². The fraction of sp³-hybridized carbons (Fsp3) is 0.467. The molecule has 2 atom stereocenters. The Balaban J connectivity index is 1.75. The minimum atomic E-state index is -3.84. The van der Waals surface area contributed by atoms with E-state index in [2.05, 4.69) is 4.98 Å². The Bertz CT molecular complexity index is 909. The van der Waals surface area contributed by atoms with Crippen LogP contribution in [-0.4, -0.2) is 59.5 Å². The van der Waals surface area contributed by atoms with E-state index in [1.807, 2.05) is 0 Å². The Hall–Kier alpha value is -1.97. The molecule has 0 aromatic carbocycles. The molecule has 1 N–H and O–H groups in total. The fourth-order valence-electron chi connectivity index (χ4n) is 3.66. The first-order valence-corrected chi connectivity index (χ1v) is 9.12. The van der Waals surface area contributed by atoms with Gasteiger partial charge >= 0.3 is 5.97 Å². The van der Waals surface area contributed by atoms with Crippen LogP contribution >= 0.6 is 0 Å². The minimum Gasteiger partial charge on any atom is -0.481 e. The summed E-state index contributed by atoms with van der Waals surface area (Å²) in [4.78, 5) is 15.9. The molecule has 4 rings (SSSR count). The Kier molecular flexibility index (Phi) is 3.41. The van der Waals surface area contributed by atoms with Crippen LogP contribution in [0.3, 0.4) is 0 Å². The first-order valence-electron chi connectivity index (χ1n) is 7.68. The number of nitrogens with zero attached hydrogens (tertiary/aromatic N) is 3. The lowest BCUT2D eigenvalue weighted by atomic mass is 9.76. The smallest absolute Gasteiger partial charge is 0.313 e. The van der Waals surface area contributed by atoms with Crippen molar-refractivity contribution in [2.75, 3.05) is 26.3 Å². The van der Waals surface area contributed by atoms with Crippen molar-refractivity contribution in [1.29, 1.82) is 0 Å². The van der Waals surface area contributed by atoms with Gasteiger partial charge in [0, 0.05) is 25.9 Å². The Morgan fingerprint density at radius 2 is 2.25 bits per heavy atom. The molecule has 4 heterocycles. The molecule has 0 spiro atoms. The lowest BCUT2D eigenvalue weighted by Gasteiger charge is -2.34. The summed E-state index contributed by atoms with van der Waals surface area (Å²) in [6.45, 7) is 0.628. The first kappa shape index (κ1) is 15.6. The molecule has 0 saturated carbocycles. The monoisotopic (exact) mass is 351 g/mol. The van der Waals surface area contributed by atoms with E-state index in [0.29, 0.717) is 18.7 Å². The van der Waals surface area contributed by atoms with Gasteiger partial charge in [-0.1, -0.05) is 6.07 Å². The van der Waals surface area contributed by atoms with Gasteiger partial charge in [0.25, 0.3) is 10.0 Å². The highest BCUT2D eigenvalue weighted by Gasteiger charge is 2.56. The molecular formula is C15H17N3O5S. The Morgan fingerprint density at radius 1 is 1.42 bits per heavy atom. The molecule has 0 radical (unpaired) electrons. The molecular weight excluding hydrogens is 334 g/mol. The number of aromatic nitrogens is 2. The summed E-state index contributed by atoms with van der Waals surface area (Å²) in [5.74, 6) is -1.24. The highest BCUT2D eigenvalue weighted by molar-refractivity contribution is 7.89. The molecule has 0 bridgehead atoms. The molecule has 2 aliphatic rings. The van der Waals surface area contributed by atoms with Gasteiger partial charge < -0.3 is 9.84 Å². The van der Waals surface area contributed by atoms with Crippen molar-refractivity contribution in [2.24, 2.45) is 11.3 Å². The van der Waals surface area contributed by atoms with E-state index >= 15 is 0 Å². The van der Waals surface area contributed by atoms with Gasteiger partial charge in [0.2, 0.25) is 0 Å². The zero-order valence-corrected chi connectivity index (χ0v) is 13.6. The molecule has 2 fully saturated rings. The summed E-state index contributed by atoms with van der Waals surface area (Å²) in [5.41, 5.74) is -0.629. The van der Waals surface area contributed by atoms with Gasteiger partial charge in [0.1, 0.15) is 11.1 Å². The van der Waals surface area contributed by atoms with Crippen molar-refractivity contribution in [1.82, 2.24) is 13.7 Å². The second-order valence-corrected chi connectivity index (χ2v) is 8.21. The maximum absolute atomic E-state index is 13.0. The van der Waals surface area contributed by atoms with Gasteiger partial charge in [-0.2, -0.15) is 4.31 Å². The first-order chi connectivity index (χ1) is 11.4. The van der Waals surface area contributed by atoms with Crippen LogP contribution in [0.15, 0.2) is 35.6 Å². The normalized spacial score (nSPS) is 28.1. The maximum Gasteiger partial charge on any atom is 0.313 e. The van der Waals surface area contributed by atoms with Gasteiger partial charge in [-0.15, -0.1) is 0 Å². The van der Waals surface area contributed by atoms with Crippen molar-refractivity contribution in [3.8, 4) is 0 Å². The van der Waals surface area contributed by atoms with Gasteiger partial charge in [0.05, 0.1) is 12.8 Å². The Labute approximate surface area is 138 Å². The molecule has 0 unspecified atom stereocenters. The third kappa shape index (κ3) is 2.08. The minimum absolute atomic E-state index is 0.0478. The fourth-order valence-corrected chi connectivity index (χ4v) is 5.29. The third-order valence-electron chi connectivity index (χ3n) is 5.05. The Morgan fingerprint density at radius 3 is 3.00 bits per heavy atom. The summed E-state index contributed by atoms with van der Waals surface area (Å²) in [5, 5.41) is 9.72. The largest absolute Gasteiger partial charge is 0.481 e. The second kappa shape index (κ2) is 5.27. The maximum atomic E-state index is 13.0. The number of hydrogen-bond acceptors (Lipinski definition) is 5. The average molecular weight is 351 g/mol. The number of imidazole rings is 1. The van der Waals surface area contributed by atoms with Crippen LogP contribution in [0.4, 0.5) is 0 Å². The average Bonchev–Trinajstić information content (AvgIpc) is 3.17. The lowest BCUT2D eigenvalue weighted by molar-refractivity contribution is -0.159. The molecule has 0 amide bonds. The van der Waals surface area contributed by atoms with E-state index in [1.54, 1.807) is 24.4 Å². The van der Waals surface area contributed by atoms with Gasteiger partial charge in [-0.3, -0.25) is 9.20 Å². The molecule has 2 aromatic heterocycles. The molecule has 24 heavy (non-hydrogen) atoms. The number of carboxylic acid groups (broad SMARTS) is 1. The molecule has 2 aromatic rings. The number of hydrogen-bond donors (Lipinski definition) is 1. The van der Waals surface area contributed by atoms with Crippen LogP contribution in [-0.2, 0) is 19.6 Å². The van der Waals surface area contributed by atoms with Gasteiger partial charge in [-0.25, -0.2) is 13.4 Å². The SMILES string of the molecule is O=C(O)[C@]12COCC[C@H]1CN(S(=O)(=O)c1cnc3ccccn13)C2. The summed E-state index contributed by atoms with van der Waals surface area (Å²) >= 11 is 0. The van der Waals surface area contributed by atoms with E-state index in [9.17, 15) is 18.3 Å². The number of ether oxygens (including phenoxy) is 1. The number of rotatable bonds is 3. The van der Waals surface area contributed by atoms with Crippen LogP contribution in [0.1, 0.15) is 6.42 Å². The van der Waals surface area contributed by atoms with Crippen molar-refractivity contribution in [3.05, 3.63) is 30.6 Å². The summed E-state index contributed by atoms with van der Waals surface area (Å²) in [6, 6.07) is 5.22. The van der Waals surface area contributed by atoms with E-state index in [0.717, 1.165) is 0 Å². The van der Waals surface area contributed by atoms with Crippen molar-refractivity contribution >= 4 is 21.6 Å². The van der Waals surface area contributed by atoms with E-state index in [-0.39, 0.29) is 30.6 Å². The second-order valence-electron chi connectivity index (χ2n) is 6.32. The standard InChI is InChI=1S/C15H17N3O5S/c19-14(20)15-9-17(8-11(15)4-6-23-10-15)24(21,22)13-7-16-12-3-1-2-5-18(12)13/h1-3,5,7,11H,4,6,8-10H2,(H,19,20)/t11-,15+/m0/s1. The molecule has 128 valence electrons. The highest BCUT2D eigenvalue weighted by atomic mass is 32.2. The topological polar surface area (TPSA) is 101 Å². The number of carboxylic acids is 1. The van der Waals surface area contributed by atoms with Crippen molar-refractivity contribution in [3.63, 3.8) is 0 Å². The number of pyridine rings is 1. The van der Waals surface area contributed by atoms with E-state index < -0.39 is 21.4 Å². The van der Waals surface area contributed by atoms with Gasteiger partial charge in [0.15, 0.2) is 5.03 Å². The molecule has 2 saturated heterocycles. The van der Waals surface area contributed by atoms with Crippen LogP contribution in [0.2, 0.25) is 0 Å². The highest BCUT2D eigenvalue weighted by Crippen LogP contribution is 2.43. The lowest BCUT2D eigenvalue weighted by Crippen LogP contribution is -2.46. The van der Waals surface area contributed by atoms with Crippen molar-refractivity contribution in [2.45, 2.75) is 11.4 Å². The number of carbonyl (C=O) groups is 1. The van der Waals surface area contributed by atoms with E-state index in [1.165, 1.54) is 14.9 Å². The van der Waals surface area contributed by atoms with Gasteiger partial charge in [-0.05, 0) is 24.5 Å². The predicted molar refractivity (Wildman–Crippen MR) is 82.9 cm³/mol. The summed E-state index contributed by atoms with van der Waals surface area (Å²) < 4.78 is 34.2. The summed E-state index contributed by atoms with van der Waals surface area (Å²) in [6.07, 6.45) is 3.50. The van der Waals surface area contributed by atoms with Crippen LogP contribution in [0, 0.1) is 11.3 Å². The molecule has 8 nitrogen and oxygen atoms in total. The molecule has 2 aliphatic heterocycles. The van der Waals surface area contributed by atoms with Crippen LogP contribution < -0.4 is 0 Å². The zero-order chi connectivity index (χ0) is 16.9. The van der Waals surface area contributed by atoms with Crippen LogP contribution in [0.25, 0.3) is 5.65 Å². The number of sulfonamides is 1. The molecule has 9 heteroatoms. The number of fused-ring (bicyclic) bond motifs is 2.